The molecule has 1 saturated carbocycles. The van der Waals surface area contributed by atoms with E-state index in [0.29, 0.717) is 12.8 Å². The number of likely N-dealkylation sites (tertiary alicyclic amines) is 1. The number of hydrogen-bond acceptors (Lipinski definition) is 4. The van der Waals surface area contributed by atoms with Gasteiger partial charge in [-0.15, -0.1) is 0 Å². The van der Waals surface area contributed by atoms with Crippen molar-refractivity contribution < 1.29 is 23.8 Å². The van der Waals surface area contributed by atoms with E-state index in [4.69, 9.17) is 16.3 Å². The zero-order chi connectivity index (χ0) is 20.0. The van der Waals surface area contributed by atoms with Crippen molar-refractivity contribution in [2.24, 2.45) is 5.41 Å². The number of halogens is 2. The molecule has 148 valence electrons. The van der Waals surface area contributed by atoms with Crippen molar-refractivity contribution in [2.45, 2.75) is 57.8 Å². The van der Waals surface area contributed by atoms with E-state index in [1.165, 1.54) is 17.0 Å². The van der Waals surface area contributed by atoms with E-state index < -0.39 is 34.9 Å². The van der Waals surface area contributed by atoms with Gasteiger partial charge in [0.2, 0.25) is 5.91 Å². The fourth-order valence-corrected chi connectivity index (χ4v) is 3.84. The predicted octanol–water partition coefficient (Wildman–Crippen LogP) is 2.86. The summed E-state index contributed by atoms with van der Waals surface area (Å²) in [5.41, 5.74) is -0.874. The van der Waals surface area contributed by atoms with E-state index in [1.54, 1.807) is 26.8 Å². The van der Waals surface area contributed by atoms with Gasteiger partial charge in [-0.25, -0.2) is 9.18 Å². The van der Waals surface area contributed by atoms with Gasteiger partial charge in [-0.1, -0.05) is 23.7 Å². The first kappa shape index (κ1) is 19.9. The number of nitrogens with one attached hydrogen (secondary N) is 1. The minimum atomic E-state index is -0.756. The number of hydrogen-bond donors (Lipinski definition) is 2. The largest absolute Gasteiger partial charge is 0.444 e. The van der Waals surface area contributed by atoms with E-state index in [1.807, 2.05) is 0 Å². The summed E-state index contributed by atoms with van der Waals surface area (Å²) >= 11 is 5.76. The molecule has 1 unspecified atom stereocenters. The number of nitrogens with zero attached hydrogens (tertiary/aromatic N) is 1. The van der Waals surface area contributed by atoms with Crippen LogP contribution in [0.1, 0.15) is 39.2 Å². The van der Waals surface area contributed by atoms with Crippen molar-refractivity contribution in [3.8, 4) is 0 Å². The highest BCUT2D eigenvalue weighted by Crippen LogP contribution is 2.59. The molecule has 27 heavy (non-hydrogen) atoms. The monoisotopic (exact) mass is 398 g/mol. The van der Waals surface area contributed by atoms with Crippen LogP contribution >= 0.6 is 11.6 Å². The maximum Gasteiger partial charge on any atom is 0.411 e. The highest BCUT2D eigenvalue weighted by Gasteiger charge is 2.67. The molecule has 0 spiro atoms. The molecule has 1 aromatic rings. The molecule has 1 aromatic carbocycles. The van der Waals surface area contributed by atoms with Crippen LogP contribution in [-0.4, -0.2) is 46.3 Å². The van der Waals surface area contributed by atoms with Crippen molar-refractivity contribution in [1.29, 1.82) is 0 Å². The molecule has 2 amide bonds. The van der Waals surface area contributed by atoms with Gasteiger partial charge in [0, 0.05) is 23.6 Å². The summed E-state index contributed by atoms with van der Waals surface area (Å²) in [7, 11) is 0. The minimum Gasteiger partial charge on any atom is -0.444 e. The molecule has 2 N–H and O–H groups in total. The molecule has 2 fully saturated rings. The van der Waals surface area contributed by atoms with E-state index in [2.05, 4.69) is 5.32 Å². The second-order valence-electron chi connectivity index (χ2n) is 8.28. The van der Waals surface area contributed by atoms with Gasteiger partial charge in [0.1, 0.15) is 17.5 Å². The topological polar surface area (TPSA) is 78.9 Å². The number of aliphatic hydroxyl groups excluding tert-OH is 1. The Morgan fingerprint density at radius 2 is 2.11 bits per heavy atom. The Labute approximate surface area is 162 Å². The zero-order valence-corrected chi connectivity index (χ0v) is 16.3. The first-order chi connectivity index (χ1) is 12.6. The molecule has 0 radical (unpaired) electrons. The van der Waals surface area contributed by atoms with E-state index >= 15 is 0 Å². The van der Waals surface area contributed by atoms with Gasteiger partial charge in [-0.2, -0.15) is 0 Å². The van der Waals surface area contributed by atoms with Gasteiger partial charge in [0.05, 0.1) is 11.6 Å². The highest BCUT2D eigenvalue weighted by atomic mass is 35.5. The lowest BCUT2D eigenvalue weighted by Gasteiger charge is -2.29. The normalized spacial score (nSPS) is 26.5. The van der Waals surface area contributed by atoms with Gasteiger partial charge in [0.15, 0.2) is 0 Å². The van der Waals surface area contributed by atoms with Gasteiger partial charge < -0.3 is 15.2 Å². The van der Waals surface area contributed by atoms with E-state index in [-0.39, 0.29) is 29.8 Å². The minimum absolute atomic E-state index is 0.0153. The first-order valence-electron chi connectivity index (χ1n) is 8.91. The van der Waals surface area contributed by atoms with Crippen LogP contribution in [0.4, 0.5) is 9.18 Å². The molecule has 3 atom stereocenters. The lowest BCUT2D eigenvalue weighted by atomic mass is 10.0. The summed E-state index contributed by atoms with van der Waals surface area (Å²) in [5, 5.41) is 12.4. The molecule has 0 bridgehead atoms. The summed E-state index contributed by atoms with van der Waals surface area (Å²) in [6.45, 7) is 5.13. The summed E-state index contributed by atoms with van der Waals surface area (Å²) in [6.07, 6.45) is 0.432. The van der Waals surface area contributed by atoms with Crippen molar-refractivity contribution in [3.63, 3.8) is 0 Å². The third-order valence-electron chi connectivity index (χ3n) is 5.12. The summed E-state index contributed by atoms with van der Waals surface area (Å²) in [4.78, 5) is 26.8. The van der Waals surface area contributed by atoms with Gasteiger partial charge in [0.25, 0.3) is 0 Å². The smallest absolute Gasteiger partial charge is 0.411 e. The second kappa shape index (κ2) is 6.95. The Morgan fingerprint density at radius 1 is 1.41 bits per heavy atom. The summed E-state index contributed by atoms with van der Waals surface area (Å²) in [5.74, 6) is -0.982. The van der Waals surface area contributed by atoms with Crippen LogP contribution < -0.4 is 5.32 Å². The Bertz CT molecular complexity index is 767. The van der Waals surface area contributed by atoms with E-state index in [0.717, 1.165) is 0 Å². The molecule has 1 heterocycles. The quantitative estimate of drug-likeness (QED) is 0.817. The van der Waals surface area contributed by atoms with Crippen molar-refractivity contribution in [3.05, 3.63) is 34.6 Å². The maximum absolute atomic E-state index is 14.0. The number of aliphatic hydroxyl groups is 1. The number of carbonyl (C=O) groups is 2. The number of fused-ring (bicyclic) bond motifs is 1. The van der Waals surface area contributed by atoms with Crippen LogP contribution in [0.3, 0.4) is 0 Å². The van der Waals surface area contributed by atoms with Crippen LogP contribution in [0.5, 0.6) is 0 Å². The summed E-state index contributed by atoms with van der Waals surface area (Å²) in [6, 6.07) is 3.60. The van der Waals surface area contributed by atoms with Crippen molar-refractivity contribution in [1.82, 2.24) is 10.2 Å². The molecule has 6 nitrogen and oxygen atoms in total. The third kappa shape index (κ3) is 3.89. The fourth-order valence-electron chi connectivity index (χ4n) is 3.65. The van der Waals surface area contributed by atoms with E-state index in [9.17, 15) is 19.1 Å². The molecule has 3 rings (SSSR count). The molecule has 1 aliphatic carbocycles. The zero-order valence-electron chi connectivity index (χ0n) is 15.6. The third-order valence-corrected chi connectivity index (χ3v) is 5.42. The predicted molar refractivity (Wildman–Crippen MR) is 97.7 cm³/mol. The number of ether oxygens (including phenoxy) is 1. The summed E-state index contributed by atoms with van der Waals surface area (Å²) < 4.78 is 19.4. The second-order valence-corrected chi connectivity index (χ2v) is 8.69. The average molecular weight is 399 g/mol. The van der Waals surface area contributed by atoms with Crippen LogP contribution in [0.15, 0.2) is 18.2 Å². The number of benzene rings is 1. The Kier molecular flexibility index (Phi) is 5.12. The van der Waals surface area contributed by atoms with Gasteiger partial charge in [-0.3, -0.25) is 9.69 Å². The van der Waals surface area contributed by atoms with Crippen LogP contribution in [0.25, 0.3) is 0 Å². The molecule has 2 aliphatic rings. The lowest BCUT2D eigenvalue weighted by Crippen LogP contribution is -2.49. The van der Waals surface area contributed by atoms with Crippen molar-refractivity contribution in [2.75, 3.05) is 6.61 Å². The fraction of sp³-hybridized carbons (Fsp3) is 0.579. The highest BCUT2D eigenvalue weighted by molar-refractivity contribution is 6.30. The SMILES string of the molecule is CC(C)(C)OC(=O)N1C2C[C@@]2(CO)C[C@H]1C(=O)NCc1cccc(Cl)c1F. The molecule has 8 heteroatoms. The van der Waals surface area contributed by atoms with Crippen LogP contribution in [0, 0.1) is 11.2 Å². The number of piperidine rings is 1. The number of carbonyl (C=O) groups excluding carboxylic acids is 2. The molecule has 0 aromatic heterocycles. The van der Waals surface area contributed by atoms with Crippen LogP contribution in [-0.2, 0) is 16.1 Å². The molecular formula is C19H24ClFN2O4. The Morgan fingerprint density at radius 3 is 2.74 bits per heavy atom. The van der Waals surface area contributed by atoms with Crippen LogP contribution in [0.2, 0.25) is 5.02 Å². The standard InChI is InChI=1S/C19H24ClFN2O4/c1-18(2,3)27-17(26)23-13(7-19(10-24)8-14(19)23)16(25)22-9-11-5-4-6-12(20)15(11)21/h4-6,13-14,24H,7-10H2,1-3H3,(H,22,25)/t13-,14?,19+/m0/s1. The average Bonchev–Trinajstić information content (AvgIpc) is 3.19. The number of rotatable bonds is 4. The Balaban J connectivity index is 1.72. The van der Waals surface area contributed by atoms with Crippen molar-refractivity contribution >= 4 is 23.6 Å². The lowest BCUT2D eigenvalue weighted by molar-refractivity contribution is -0.126. The molecule has 1 aliphatic heterocycles. The first-order valence-corrected chi connectivity index (χ1v) is 9.28. The van der Waals surface area contributed by atoms with Gasteiger partial charge in [-0.05, 0) is 39.7 Å². The van der Waals surface area contributed by atoms with Gasteiger partial charge >= 0.3 is 6.09 Å². The molecular weight excluding hydrogens is 375 g/mol. The number of amides is 2. The Hall–Kier alpha value is -1.86. The maximum atomic E-state index is 14.0. The molecule has 1 saturated heterocycles.